The lowest BCUT2D eigenvalue weighted by Crippen LogP contribution is -2.35. The van der Waals surface area contributed by atoms with Crippen LogP contribution in [-0.2, 0) is 4.74 Å². The topological polar surface area (TPSA) is 21.6 Å². The first-order valence-electron chi connectivity index (χ1n) is 10.6. The number of hydrogen-bond donors (Lipinski definition) is 0. The fourth-order valence-electron chi connectivity index (χ4n) is 2.96. The molecule has 150 valence electrons. The molecule has 0 saturated carbocycles. The van der Waals surface area contributed by atoms with Crippen LogP contribution in [0.2, 0.25) is 0 Å². The number of ether oxygens (including phenoxy) is 1. The van der Waals surface area contributed by atoms with Crippen LogP contribution in [0.4, 0.5) is 0 Å². The Kier molecular flexibility index (Phi) is 17.7. The van der Waals surface area contributed by atoms with Crippen LogP contribution in [0.1, 0.15) is 96.8 Å². The molecule has 0 amide bonds. The van der Waals surface area contributed by atoms with E-state index in [1.54, 1.807) is 0 Å². The van der Waals surface area contributed by atoms with E-state index in [9.17, 15) is 0 Å². The molecule has 0 aromatic rings. The lowest BCUT2D eigenvalue weighted by atomic mass is 10.1. The quantitative estimate of drug-likeness (QED) is 0.0747. The first-order chi connectivity index (χ1) is 12.0. The van der Waals surface area contributed by atoms with Gasteiger partial charge in [0.15, 0.2) is 5.90 Å². The molecular weight excluding hydrogens is 423 g/mol. The van der Waals surface area contributed by atoms with E-state index < -0.39 is 0 Å². The maximum absolute atomic E-state index is 5.85. The Balaban J connectivity index is 3.38. The van der Waals surface area contributed by atoms with Crippen LogP contribution in [0, 0.1) is 0 Å². The van der Waals surface area contributed by atoms with E-state index in [0.29, 0.717) is 0 Å². The molecule has 0 aliphatic heterocycles. The van der Waals surface area contributed by atoms with Crippen molar-refractivity contribution >= 4 is 28.8 Å². The maximum Gasteiger partial charge on any atom is 0.193 e. The highest BCUT2D eigenvalue weighted by Crippen LogP contribution is 2.11. The molecule has 0 aromatic carbocycles. The predicted octanol–water partition coefficient (Wildman–Crippen LogP) is 6.94. The van der Waals surface area contributed by atoms with Crippen LogP contribution < -0.4 is 0 Å². The number of nitrogens with zero attached hydrogens (tertiary/aromatic N) is 2. The van der Waals surface area contributed by atoms with Crippen molar-refractivity contribution in [2.24, 2.45) is 3.21 Å². The van der Waals surface area contributed by atoms with Gasteiger partial charge in [-0.3, -0.25) is 0 Å². The van der Waals surface area contributed by atoms with Crippen molar-refractivity contribution in [3.8, 4) is 0 Å². The molecule has 0 fully saturated rings. The van der Waals surface area contributed by atoms with Crippen molar-refractivity contribution in [3.63, 3.8) is 0 Å². The summed E-state index contributed by atoms with van der Waals surface area (Å²) >= 11 is 2.08. The molecule has 0 aliphatic rings. The van der Waals surface area contributed by atoms with Crippen LogP contribution in [0.5, 0.6) is 0 Å². The van der Waals surface area contributed by atoms with Crippen molar-refractivity contribution in [2.45, 2.75) is 96.8 Å². The summed E-state index contributed by atoms with van der Waals surface area (Å²) in [6, 6.07) is 0. The second-order valence-corrected chi connectivity index (χ2v) is 8.82. The van der Waals surface area contributed by atoms with Crippen molar-refractivity contribution in [1.29, 1.82) is 0 Å². The molecule has 0 aromatic heterocycles. The van der Waals surface area contributed by atoms with Gasteiger partial charge >= 0.3 is 0 Å². The van der Waals surface area contributed by atoms with Gasteiger partial charge in [-0.1, -0.05) is 64.7 Å². The molecule has 4 heteroatoms. The van der Waals surface area contributed by atoms with Crippen LogP contribution in [0.25, 0.3) is 0 Å². The Morgan fingerprint density at radius 3 is 1.80 bits per heavy atom. The van der Waals surface area contributed by atoms with Gasteiger partial charge in [0.1, 0.15) is 0 Å². The Bertz CT molecular complexity index is 314. The third-order valence-corrected chi connectivity index (χ3v) is 5.12. The summed E-state index contributed by atoms with van der Waals surface area (Å²) in [5.74, 6) is 0.946. The highest BCUT2D eigenvalue weighted by molar-refractivity contribution is 14.1. The Hall–Kier alpha value is 0.160. The second-order valence-electron chi connectivity index (χ2n) is 8.33. The molecule has 0 bridgehead atoms. The summed E-state index contributed by atoms with van der Waals surface area (Å²) in [5.41, 5.74) is 0. The zero-order valence-corrected chi connectivity index (χ0v) is 19.7. The fourth-order valence-corrected chi connectivity index (χ4v) is 3.34. The van der Waals surface area contributed by atoms with Crippen LogP contribution in [-0.4, -0.2) is 44.7 Å². The van der Waals surface area contributed by atoms with E-state index in [1.165, 1.54) is 90.0 Å². The Labute approximate surface area is 172 Å². The number of unbranched alkanes of at least 4 members (excludes halogenated alkanes) is 11. The highest BCUT2D eigenvalue weighted by atomic mass is 127. The lowest BCUT2D eigenvalue weighted by Gasteiger charge is -2.23. The molecule has 0 spiro atoms. The van der Waals surface area contributed by atoms with Crippen LogP contribution in [0.15, 0.2) is 3.21 Å². The number of rotatable bonds is 17. The SMILES string of the molecule is CCCCCCCCCCCCOC(CCCCC[N+](C)(C)C)=NI. The minimum Gasteiger partial charge on any atom is -0.480 e. The third kappa shape index (κ3) is 20.3. The molecule has 0 rings (SSSR count). The van der Waals surface area contributed by atoms with E-state index in [1.807, 2.05) is 0 Å². The lowest BCUT2D eigenvalue weighted by molar-refractivity contribution is -0.870. The molecule has 0 radical (unpaired) electrons. The van der Waals surface area contributed by atoms with E-state index in [2.05, 4.69) is 54.1 Å². The summed E-state index contributed by atoms with van der Waals surface area (Å²) in [7, 11) is 6.77. The molecule has 0 unspecified atom stereocenters. The van der Waals surface area contributed by atoms with E-state index in [0.717, 1.165) is 23.4 Å². The number of hydrogen-bond acceptors (Lipinski definition) is 2. The molecule has 3 nitrogen and oxygen atoms in total. The van der Waals surface area contributed by atoms with Crippen molar-refractivity contribution in [1.82, 2.24) is 0 Å². The number of halogens is 1. The summed E-state index contributed by atoms with van der Waals surface area (Å²) in [6.45, 7) is 4.37. The second kappa shape index (κ2) is 17.6. The van der Waals surface area contributed by atoms with E-state index in [-0.39, 0.29) is 0 Å². The average Bonchev–Trinajstić information content (AvgIpc) is 2.56. The first-order valence-corrected chi connectivity index (χ1v) is 11.6. The maximum atomic E-state index is 5.85. The van der Waals surface area contributed by atoms with Crippen molar-refractivity contribution in [2.75, 3.05) is 34.3 Å². The van der Waals surface area contributed by atoms with Gasteiger partial charge in [-0.2, -0.15) is 3.21 Å². The third-order valence-electron chi connectivity index (χ3n) is 4.58. The summed E-state index contributed by atoms with van der Waals surface area (Å²) in [6.07, 6.45) is 18.4. The van der Waals surface area contributed by atoms with Gasteiger partial charge in [0, 0.05) is 6.42 Å². The normalized spacial score (nSPS) is 12.6. The van der Waals surface area contributed by atoms with Gasteiger partial charge < -0.3 is 9.22 Å². The minimum atomic E-state index is 0.844. The average molecular weight is 468 g/mol. The highest BCUT2D eigenvalue weighted by Gasteiger charge is 2.06. The number of quaternary nitrogens is 1. The largest absolute Gasteiger partial charge is 0.480 e. The van der Waals surface area contributed by atoms with Gasteiger partial charge in [0.25, 0.3) is 0 Å². The van der Waals surface area contributed by atoms with Crippen LogP contribution in [0.3, 0.4) is 0 Å². The van der Waals surface area contributed by atoms with Gasteiger partial charge in [0.05, 0.1) is 57.2 Å². The molecule has 0 N–H and O–H groups in total. The summed E-state index contributed by atoms with van der Waals surface area (Å²) < 4.78 is 11.2. The van der Waals surface area contributed by atoms with Gasteiger partial charge in [0.2, 0.25) is 0 Å². The minimum absolute atomic E-state index is 0.844. The summed E-state index contributed by atoms with van der Waals surface area (Å²) in [4.78, 5) is 0. The van der Waals surface area contributed by atoms with Crippen molar-refractivity contribution in [3.05, 3.63) is 0 Å². The van der Waals surface area contributed by atoms with Gasteiger partial charge in [-0.25, -0.2) is 0 Å². The molecular formula is C21H44IN2O+. The first kappa shape index (κ1) is 25.2. The zero-order chi connectivity index (χ0) is 18.8. The molecule has 0 heterocycles. The molecule has 0 saturated heterocycles. The Morgan fingerprint density at radius 2 is 1.28 bits per heavy atom. The standard InChI is InChI=1S/C21H44IN2O/c1-5-6-7-8-9-10-11-12-13-17-20-25-21(23-22)18-15-14-16-19-24(2,3)4/h5-20H2,1-4H3/q+1. The fraction of sp³-hybridized carbons (Fsp3) is 0.952. The van der Waals surface area contributed by atoms with Crippen LogP contribution >= 0.6 is 22.9 Å². The van der Waals surface area contributed by atoms with Crippen molar-refractivity contribution < 1.29 is 9.22 Å². The van der Waals surface area contributed by atoms with Gasteiger partial charge in [-0.05, 0) is 25.7 Å². The smallest absolute Gasteiger partial charge is 0.193 e. The summed E-state index contributed by atoms with van der Waals surface area (Å²) in [5, 5.41) is 0. The van der Waals surface area contributed by atoms with Gasteiger partial charge in [-0.15, -0.1) is 0 Å². The molecule has 25 heavy (non-hydrogen) atoms. The Morgan fingerprint density at radius 1 is 0.760 bits per heavy atom. The zero-order valence-electron chi connectivity index (χ0n) is 17.5. The van der Waals surface area contributed by atoms with E-state index in [4.69, 9.17) is 4.74 Å². The monoisotopic (exact) mass is 467 g/mol. The van der Waals surface area contributed by atoms with E-state index >= 15 is 0 Å². The molecule has 0 aliphatic carbocycles. The molecule has 0 atom stereocenters. The predicted molar refractivity (Wildman–Crippen MR) is 121 cm³/mol.